The van der Waals surface area contributed by atoms with Crippen LogP contribution in [0.2, 0.25) is 0 Å². The maximum Gasteiger partial charge on any atom is 0.132 e. The highest BCUT2D eigenvalue weighted by molar-refractivity contribution is 5.85. The maximum atomic E-state index is 5.06. The minimum atomic E-state index is 0.301. The van der Waals surface area contributed by atoms with E-state index in [0.717, 1.165) is 12.1 Å². The van der Waals surface area contributed by atoms with Crippen molar-refractivity contribution in [2.45, 2.75) is 33.3 Å². The van der Waals surface area contributed by atoms with Crippen molar-refractivity contribution >= 4 is 5.71 Å². The fourth-order valence-electron chi connectivity index (χ4n) is 1.27. The van der Waals surface area contributed by atoms with Gasteiger partial charge in [0.05, 0.1) is 5.71 Å². The van der Waals surface area contributed by atoms with Crippen LogP contribution in [-0.2, 0) is 4.84 Å². The molecule has 0 N–H and O–H groups in total. The van der Waals surface area contributed by atoms with Gasteiger partial charge in [-0.05, 0) is 20.3 Å². The highest BCUT2D eigenvalue weighted by Gasteiger charge is 2.25. The lowest BCUT2D eigenvalue weighted by Crippen LogP contribution is -2.17. The van der Waals surface area contributed by atoms with Crippen LogP contribution in [0.4, 0.5) is 0 Å². The fraction of sp³-hybridized carbons (Fsp3) is 0.857. The molecule has 1 aliphatic rings. The lowest BCUT2D eigenvalue weighted by molar-refractivity contribution is 0.0753. The van der Waals surface area contributed by atoms with Crippen LogP contribution in [0.15, 0.2) is 5.16 Å². The van der Waals surface area contributed by atoms with Crippen molar-refractivity contribution in [2.24, 2.45) is 11.1 Å². The SMILES string of the molecule is CCC1C(C)=NOC1C. The van der Waals surface area contributed by atoms with Gasteiger partial charge in [-0.15, -0.1) is 0 Å². The van der Waals surface area contributed by atoms with Crippen molar-refractivity contribution in [3.8, 4) is 0 Å². The van der Waals surface area contributed by atoms with Crippen LogP contribution in [0.25, 0.3) is 0 Å². The standard InChI is InChI=1S/C7H13NO/c1-4-7-5(2)8-9-6(7)3/h6-7H,4H2,1-3H3. The largest absolute Gasteiger partial charge is 0.392 e. The van der Waals surface area contributed by atoms with E-state index in [1.165, 1.54) is 0 Å². The summed E-state index contributed by atoms with van der Waals surface area (Å²) < 4.78 is 0. The second kappa shape index (κ2) is 2.38. The van der Waals surface area contributed by atoms with Gasteiger partial charge in [-0.25, -0.2) is 0 Å². The predicted molar refractivity (Wildman–Crippen MR) is 37.4 cm³/mol. The van der Waals surface area contributed by atoms with Gasteiger partial charge in [0.15, 0.2) is 0 Å². The maximum absolute atomic E-state index is 5.06. The quantitative estimate of drug-likeness (QED) is 0.526. The Morgan fingerprint density at radius 1 is 1.67 bits per heavy atom. The van der Waals surface area contributed by atoms with Crippen LogP contribution in [0.5, 0.6) is 0 Å². The van der Waals surface area contributed by atoms with E-state index in [4.69, 9.17) is 4.84 Å². The van der Waals surface area contributed by atoms with Gasteiger partial charge in [0, 0.05) is 5.92 Å². The first-order chi connectivity index (χ1) is 4.25. The van der Waals surface area contributed by atoms with Gasteiger partial charge in [0.2, 0.25) is 0 Å². The second-order valence-electron chi connectivity index (χ2n) is 2.56. The van der Waals surface area contributed by atoms with E-state index in [9.17, 15) is 0 Å². The molecule has 9 heavy (non-hydrogen) atoms. The Bertz CT molecular complexity index is 131. The highest BCUT2D eigenvalue weighted by Crippen LogP contribution is 2.20. The summed E-state index contributed by atoms with van der Waals surface area (Å²) >= 11 is 0. The molecule has 0 saturated carbocycles. The zero-order chi connectivity index (χ0) is 6.85. The molecule has 0 bridgehead atoms. The molecule has 2 atom stereocenters. The number of oxime groups is 1. The Morgan fingerprint density at radius 3 is 2.56 bits per heavy atom. The highest BCUT2D eigenvalue weighted by atomic mass is 16.6. The van der Waals surface area contributed by atoms with Gasteiger partial charge < -0.3 is 4.84 Å². The van der Waals surface area contributed by atoms with E-state index < -0.39 is 0 Å². The summed E-state index contributed by atoms with van der Waals surface area (Å²) in [4.78, 5) is 5.06. The summed E-state index contributed by atoms with van der Waals surface area (Å²) in [5.41, 5.74) is 1.14. The molecular weight excluding hydrogens is 114 g/mol. The molecule has 0 aliphatic carbocycles. The molecule has 0 fully saturated rings. The van der Waals surface area contributed by atoms with Crippen LogP contribution in [0.3, 0.4) is 0 Å². The van der Waals surface area contributed by atoms with Gasteiger partial charge in [-0.3, -0.25) is 0 Å². The Labute approximate surface area is 55.9 Å². The number of hydrogen-bond acceptors (Lipinski definition) is 2. The van der Waals surface area contributed by atoms with E-state index >= 15 is 0 Å². The van der Waals surface area contributed by atoms with Gasteiger partial charge in [-0.2, -0.15) is 0 Å². The third kappa shape index (κ3) is 1.07. The predicted octanol–water partition coefficient (Wildman–Crippen LogP) is 1.81. The molecule has 0 aromatic heterocycles. The van der Waals surface area contributed by atoms with Crippen LogP contribution in [-0.4, -0.2) is 11.8 Å². The smallest absolute Gasteiger partial charge is 0.132 e. The van der Waals surface area contributed by atoms with Crippen LogP contribution >= 0.6 is 0 Å². The van der Waals surface area contributed by atoms with Crippen molar-refractivity contribution < 1.29 is 4.84 Å². The molecule has 2 nitrogen and oxygen atoms in total. The van der Waals surface area contributed by atoms with E-state index in [2.05, 4.69) is 19.0 Å². The molecule has 0 saturated heterocycles. The zero-order valence-corrected chi connectivity index (χ0v) is 6.22. The Hall–Kier alpha value is -0.530. The lowest BCUT2D eigenvalue weighted by Gasteiger charge is -2.09. The average Bonchev–Trinajstić information content (AvgIpc) is 2.12. The Morgan fingerprint density at radius 2 is 2.33 bits per heavy atom. The van der Waals surface area contributed by atoms with Gasteiger partial charge in [-0.1, -0.05) is 12.1 Å². The fourth-order valence-corrected chi connectivity index (χ4v) is 1.27. The van der Waals surface area contributed by atoms with E-state index in [0.29, 0.717) is 12.0 Å². The second-order valence-corrected chi connectivity index (χ2v) is 2.56. The van der Waals surface area contributed by atoms with Crippen LogP contribution in [0.1, 0.15) is 27.2 Å². The molecule has 0 aromatic rings. The van der Waals surface area contributed by atoms with Crippen molar-refractivity contribution in [2.75, 3.05) is 0 Å². The van der Waals surface area contributed by atoms with Crippen molar-refractivity contribution in [3.63, 3.8) is 0 Å². The number of nitrogens with zero attached hydrogens (tertiary/aromatic N) is 1. The molecule has 1 heterocycles. The molecule has 1 rings (SSSR count). The molecular formula is C7H13NO. The van der Waals surface area contributed by atoms with Gasteiger partial charge >= 0.3 is 0 Å². The van der Waals surface area contributed by atoms with Crippen molar-refractivity contribution in [1.82, 2.24) is 0 Å². The third-order valence-electron chi connectivity index (χ3n) is 1.91. The monoisotopic (exact) mass is 127 g/mol. The molecule has 0 amide bonds. The van der Waals surface area contributed by atoms with Gasteiger partial charge in [0.25, 0.3) is 0 Å². The average molecular weight is 127 g/mol. The zero-order valence-electron chi connectivity index (χ0n) is 6.22. The molecule has 2 unspecified atom stereocenters. The number of rotatable bonds is 1. The normalized spacial score (nSPS) is 33.9. The molecule has 0 spiro atoms. The Balaban J connectivity index is 2.57. The van der Waals surface area contributed by atoms with E-state index in [1.807, 2.05) is 6.92 Å². The molecule has 1 aliphatic heterocycles. The van der Waals surface area contributed by atoms with Gasteiger partial charge in [0.1, 0.15) is 6.10 Å². The van der Waals surface area contributed by atoms with Crippen molar-refractivity contribution in [3.05, 3.63) is 0 Å². The van der Waals surface area contributed by atoms with Crippen LogP contribution < -0.4 is 0 Å². The molecule has 52 valence electrons. The lowest BCUT2D eigenvalue weighted by atomic mass is 9.97. The summed E-state index contributed by atoms with van der Waals surface area (Å²) in [5, 5.41) is 3.89. The summed E-state index contributed by atoms with van der Waals surface area (Å²) in [6.07, 6.45) is 1.44. The first kappa shape index (κ1) is 6.59. The first-order valence-electron chi connectivity index (χ1n) is 3.46. The Kier molecular flexibility index (Phi) is 1.74. The topological polar surface area (TPSA) is 21.6 Å². The third-order valence-corrected chi connectivity index (χ3v) is 1.91. The minimum Gasteiger partial charge on any atom is -0.392 e. The minimum absolute atomic E-state index is 0.301. The molecule has 2 heteroatoms. The summed E-state index contributed by atoms with van der Waals surface area (Å²) in [6, 6.07) is 0. The van der Waals surface area contributed by atoms with E-state index in [1.54, 1.807) is 0 Å². The molecule has 0 radical (unpaired) electrons. The van der Waals surface area contributed by atoms with Crippen molar-refractivity contribution in [1.29, 1.82) is 0 Å². The van der Waals surface area contributed by atoms with Crippen LogP contribution in [0, 0.1) is 5.92 Å². The number of hydrogen-bond donors (Lipinski definition) is 0. The van der Waals surface area contributed by atoms with E-state index in [-0.39, 0.29) is 0 Å². The first-order valence-corrected chi connectivity index (χ1v) is 3.46. The summed E-state index contributed by atoms with van der Waals surface area (Å²) in [7, 11) is 0. The summed E-state index contributed by atoms with van der Waals surface area (Å²) in [5.74, 6) is 0.560. The molecule has 0 aromatic carbocycles. The summed E-state index contributed by atoms with van der Waals surface area (Å²) in [6.45, 7) is 6.25.